The van der Waals surface area contributed by atoms with E-state index in [-0.39, 0.29) is 10.8 Å². The van der Waals surface area contributed by atoms with Gasteiger partial charge in [-0.15, -0.1) is 0 Å². The molecule has 0 spiro atoms. The summed E-state index contributed by atoms with van der Waals surface area (Å²) in [4.78, 5) is 10.5. The van der Waals surface area contributed by atoms with Crippen LogP contribution >= 0.6 is 23.2 Å². The molecule has 0 saturated heterocycles. The smallest absolute Gasteiger partial charge is 0.341 e. The first kappa shape index (κ1) is 16.9. The highest BCUT2D eigenvalue weighted by Gasteiger charge is 2.07. The summed E-state index contributed by atoms with van der Waals surface area (Å²) in [6.45, 7) is -0.471. The van der Waals surface area contributed by atoms with E-state index in [0.717, 1.165) is 0 Å². The predicted octanol–water partition coefficient (Wildman–Crippen LogP) is 4.52. The molecule has 2 rings (SSSR count). The maximum absolute atomic E-state index is 10.5. The number of nitrogens with zero attached hydrogens (tertiary/aromatic N) is 1. The summed E-state index contributed by atoms with van der Waals surface area (Å²) in [5, 5.41) is 18.7. The predicted molar refractivity (Wildman–Crippen MR) is 89.5 cm³/mol. The van der Waals surface area contributed by atoms with Crippen LogP contribution in [0.1, 0.15) is 11.1 Å². The van der Waals surface area contributed by atoms with E-state index >= 15 is 0 Å². The fourth-order valence-electron chi connectivity index (χ4n) is 1.87. The molecule has 2 aromatic rings. The Balaban J connectivity index is 2.29. The molecule has 0 radical (unpaired) electrons. The lowest BCUT2D eigenvalue weighted by molar-refractivity contribution is -0.139. The summed E-state index contributed by atoms with van der Waals surface area (Å²) < 4.78 is 5.05. The first-order valence-electron chi connectivity index (χ1n) is 6.51. The molecule has 0 heterocycles. The number of benzene rings is 2. The molecule has 0 amide bonds. The van der Waals surface area contributed by atoms with Gasteiger partial charge in [0.2, 0.25) is 0 Å². The summed E-state index contributed by atoms with van der Waals surface area (Å²) in [6, 6.07) is 13.9. The van der Waals surface area contributed by atoms with E-state index < -0.39 is 12.6 Å². The van der Waals surface area contributed by atoms with Crippen LogP contribution in [0.25, 0.3) is 11.6 Å². The lowest BCUT2D eigenvalue weighted by atomic mass is 10.0. The molecule has 6 heteroatoms. The number of halogens is 2. The molecule has 0 fully saturated rings. The number of carboxylic acid groups (broad SMARTS) is 1. The van der Waals surface area contributed by atoms with Gasteiger partial charge < -0.3 is 9.84 Å². The topological polar surface area (TPSA) is 70.3 Å². The molecule has 1 N–H and O–H groups in total. The molecule has 116 valence electrons. The van der Waals surface area contributed by atoms with Gasteiger partial charge in [-0.1, -0.05) is 41.4 Å². The van der Waals surface area contributed by atoms with Crippen LogP contribution in [0.5, 0.6) is 5.75 Å². The van der Waals surface area contributed by atoms with Gasteiger partial charge >= 0.3 is 5.97 Å². The highest BCUT2D eigenvalue weighted by molar-refractivity contribution is 6.32. The van der Waals surface area contributed by atoms with Gasteiger partial charge in [-0.3, -0.25) is 0 Å². The minimum absolute atomic E-state index is 0.267. The number of allylic oxidation sites excluding steroid dienone is 1. The van der Waals surface area contributed by atoms with Crippen molar-refractivity contribution in [3.05, 3.63) is 63.6 Å². The van der Waals surface area contributed by atoms with Crippen LogP contribution in [-0.4, -0.2) is 17.7 Å². The van der Waals surface area contributed by atoms with E-state index in [0.29, 0.717) is 21.7 Å². The van der Waals surface area contributed by atoms with Crippen molar-refractivity contribution in [3.63, 3.8) is 0 Å². The second-order valence-electron chi connectivity index (χ2n) is 4.55. The molecule has 4 nitrogen and oxygen atoms in total. The third-order valence-electron chi connectivity index (χ3n) is 2.87. The van der Waals surface area contributed by atoms with Crippen LogP contribution in [0, 0.1) is 11.3 Å². The fourth-order valence-corrected chi connectivity index (χ4v) is 2.30. The van der Waals surface area contributed by atoms with Crippen LogP contribution in [0.2, 0.25) is 10.0 Å². The van der Waals surface area contributed by atoms with Crippen LogP contribution in [-0.2, 0) is 4.79 Å². The van der Waals surface area contributed by atoms with Gasteiger partial charge in [-0.2, -0.15) is 5.26 Å². The molecule has 0 aliphatic rings. The van der Waals surface area contributed by atoms with Gasteiger partial charge in [0.1, 0.15) is 5.75 Å². The molecular formula is C17H11Cl2NO3. The minimum atomic E-state index is -1.09. The highest BCUT2D eigenvalue weighted by Crippen LogP contribution is 2.28. The number of rotatable bonds is 5. The lowest BCUT2D eigenvalue weighted by Crippen LogP contribution is -2.09. The molecule has 2 aromatic carbocycles. The largest absolute Gasteiger partial charge is 0.480 e. The van der Waals surface area contributed by atoms with Gasteiger partial charge in [0.25, 0.3) is 0 Å². The number of carboxylic acids is 1. The van der Waals surface area contributed by atoms with Crippen LogP contribution in [0.15, 0.2) is 42.5 Å². The van der Waals surface area contributed by atoms with Gasteiger partial charge in [-0.25, -0.2) is 4.79 Å². The molecular weight excluding hydrogens is 337 g/mol. The van der Waals surface area contributed by atoms with Gasteiger partial charge in [-0.05, 0) is 41.5 Å². The quantitative estimate of drug-likeness (QED) is 0.637. The van der Waals surface area contributed by atoms with Crippen LogP contribution in [0.3, 0.4) is 0 Å². The molecule has 0 bridgehead atoms. The Bertz CT molecular complexity index is 810. The van der Waals surface area contributed by atoms with Crippen molar-refractivity contribution >= 4 is 40.8 Å². The Kier molecular flexibility index (Phi) is 5.64. The maximum Gasteiger partial charge on any atom is 0.341 e. The summed E-state index contributed by atoms with van der Waals surface area (Å²) in [5.74, 6) is -0.815. The Hall–Kier alpha value is -2.48. The number of carbonyl (C=O) groups is 1. The van der Waals surface area contributed by atoms with E-state index in [1.165, 1.54) is 0 Å². The van der Waals surface area contributed by atoms with Crippen molar-refractivity contribution in [1.82, 2.24) is 0 Å². The van der Waals surface area contributed by atoms with Crippen molar-refractivity contribution in [3.8, 4) is 11.8 Å². The highest BCUT2D eigenvalue weighted by atomic mass is 35.5. The van der Waals surface area contributed by atoms with E-state index in [1.54, 1.807) is 48.5 Å². The molecule has 0 atom stereocenters. The standard InChI is InChI=1S/C17H11Cl2NO3/c18-14-3-1-2-12(8-14)13(9-20)6-11-4-5-16(15(19)7-11)23-10-17(21)22/h1-8H,10H2,(H,21,22)/b13-6-. The Morgan fingerprint density at radius 1 is 1.26 bits per heavy atom. The normalized spacial score (nSPS) is 10.9. The molecule has 23 heavy (non-hydrogen) atoms. The number of hydrogen-bond acceptors (Lipinski definition) is 3. The van der Waals surface area contributed by atoms with Crippen molar-refractivity contribution in [2.75, 3.05) is 6.61 Å². The van der Waals surface area contributed by atoms with E-state index in [1.807, 2.05) is 0 Å². The van der Waals surface area contributed by atoms with Crippen molar-refractivity contribution in [2.45, 2.75) is 0 Å². The number of ether oxygens (including phenoxy) is 1. The second-order valence-corrected chi connectivity index (χ2v) is 5.40. The number of hydrogen-bond donors (Lipinski definition) is 1. The maximum atomic E-state index is 10.5. The van der Waals surface area contributed by atoms with Crippen molar-refractivity contribution in [1.29, 1.82) is 5.26 Å². The molecule has 0 aromatic heterocycles. The summed E-state index contributed by atoms with van der Waals surface area (Å²) in [7, 11) is 0. The molecule has 0 unspecified atom stereocenters. The van der Waals surface area contributed by atoms with Crippen LogP contribution < -0.4 is 4.74 Å². The van der Waals surface area contributed by atoms with Crippen molar-refractivity contribution < 1.29 is 14.6 Å². The van der Waals surface area contributed by atoms with E-state index in [4.69, 9.17) is 33.0 Å². The average molecular weight is 348 g/mol. The van der Waals surface area contributed by atoms with Gasteiger partial charge in [0.15, 0.2) is 6.61 Å². The second kappa shape index (κ2) is 7.68. The minimum Gasteiger partial charge on any atom is -0.480 e. The average Bonchev–Trinajstić information content (AvgIpc) is 2.51. The van der Waals surface area contributed by atoms with E-state index in [9.17, 15) is 10.1 Å². The summed E-state index contributed by atoms with van der Waals surface area (Å²) in [6.07, 6.45) is 1.67. The first-order chi connectivity index (χ1) is 11.0. The van der Waals surface area contributed by atoms with Gasteiger partial charge in [0.05, 0.1) is 16.7 Å². The molecule has 0 aliphatic carbocycles. The van der Waals surface area contributed by atoms with Crippen molar-refractivity contribution in [2.24, 2.45) is 0 Å². The Morgan fingerprint density at radius 2 is 2.04 bits per heavy atom. The molecule has 0 aliphatic heterocycles. The number of nitriles is 1. The fraction of sp³-hybridized carbons (Fsp3) is 0.0588. The zero-order valence-corrected chi connectivity index (χ0v) is 13.3. The Labute approximate surface area is 143 Å². The zero-order valence-electron chi connectivity index (χ0n) is 11.8. The molecule has 0 saturated carbocycles. The third-order valence-corrected chi connectivity index (χ3v) is 3.40. The van der Waals surface area contributed by atoms with Crippen LogP contribution in [0.4, 0.5) is 0 Å². The third kappa shape index (κ3) is 4.75. The zero-order chi connectivity index (χ0) is 16.8. The SMILES string of the molecule is N#C/C(=C/c1ccc(OCC(=O)O)c(Cl)c1)c1cccc(Cl)c1. The summed E-state index contributed by atoms with van der Waals surface area (Å²) >= 11 is 12.0. The Morgan fingerprint density at radius 3 is 2.65 bits per heavy atom. The first-order valence-corrected chi connectivity index (χ1v) is 7.27. The van der Waals surface area contributed by atoms with Gasteiger partial charge in [0, 0.05) is 5.02 Å². The monoisotopic (exact) mass is 347 g/mol. The summed E-state index contributed by atoms with van der Waals surface area (Å²) in [5.41, 5.74) is 1.82. The lowest BCUT2D eigenvalue weighted by Gasteiger charge is -2.06. The van der Waals surface area contributed by atoms with E-state index in [2.05, 4.69) is 6.07 Å². The number of aliphatic carboxylic acids is 1.